The third-order valence-corrected chi connectivity index (χ3v) is 6.08. The van der Waals surface area contributed by atoms with Crippen molar-refractivity contribution in [3.8, 4) is 11.8 Å². The highest BCUT2D eigenvalue weighted by Gasteiger charge is 2.24. The maximum absolute atomic E-state index is 13.3. The van der Waals surface area contributed by atoms with Gasteiger partial charge >= 0.3 is 0 Å². The maximum atomic E-state index is 13.3. The van der Waals surface area contributed by atoms with Gasteiger partial charge in [0.05, 0.1) is 11.1 Å². The van der Waals surface area contributed by atoms with Crippen LogP contribution in [0.25, 0.3) is 0 Å². The number of hydrogen-bond acceptors (Lipinski definition) is 4. The number of carbonyl (C=O) groups is 1. The van der Waals surface area contributed by atoms with Gasteiger partial charge in [-0.1, -0.05) is 31.8 Å². The molecule has 0 bridgehead atoms. The number of amides is 1. The number of pyridine rings is 1. The van der Waals surface area contributed by atoms with Crippen LogP contribution in [0.1, 0.15) is 61.5 Å². The van der Waals surface area contributed by atoms with Crippen LogP contribution in [0.4, 0.5) is 10.2 Å². The number of aromatic nitrogens is 1. The molecule has 3 rings (SSSR count). The average Bonchev–Trinajstić information content (AvgIpc) is 2.84. The van der Waals surface area contributed by atoms with E-state index in [4.69, 9.17) is 0 Å². The zero-order valence-electron chi connectivity index (χ0n) is 21.1. The summed E-state index contributed by atoms with van der Waals surface area (Å²) < 4.78 is 13.3. The molecule has 2 aromatic rings. The van der Waals surface area contributed by atoms with Gasteiger partial charge in [-0.2, -0.15) is 0 Å². The second kappa shape index (κ2) is 12.9. The van der Waals surface area contributed by atoms with Crippen LogP contribution >= 0.6 is 0 Å². The van der Waals surface area contributed by atoms with Crippen molar-refractivity contribution in [2.45, 2.75) is 40.0 Å². The molecule has 1 aromatic heterocycles. The normalized spacial score (nSPS) is 18.3. The second-order valence-electron chi connectivity index (χ2n) is 9.31. The number of rotatable bonds is 7. The zero-order valence-corrected chi connectivity index (χ0v) is 21.1. The molecule has 1 aliphatic rings. The van der Waals surface area contributed by atoms with Crippen molar-refractivity contribution < 1.29 is 9.18 Å². The second-order valence-corrected chi connectivity index (χ2v) is 9.31. The molecule has 35 heavy (non-hydrogen) atoms. The zero-order chi connectivity index (χ0) is 25.2. The third kappa shape index (κ3) is 7.78. The largest absolute Gasteiger partial charge is 0.355 e. The fourth-order valence-electron chi connectivity index (χ4n) is 4.48. The van der Waals surface area contributed by atoms with E-state index in [1.54, 1.807) is 25.4 Å². The Hall–Kier alpha value is -3.46. The van der Waals surface area contributed by atoms with Crippen molar-refractivity contribution in [3.05, 3.63) is 70.7 Å². The number of allylic oxidation sites excluding steroid dienone is 2. The van der Waals surface area contributed by atoms with E-state index < -0.39 is 0 Å². The number of hydrogen-bond donors (Lipinski definition) is 1. The summed E-state index contributed by atoms with van der Waals surface area (Å²) in [5.41, 5.74) is 3.05. The molecule has 1 amide bonds. The summed E-state index contributed by atoms with van der Waals surface area (Å²) in [4.78, 5) is 23.9. The Morgan fingerprint density at radius 2 is 1.94 bits per heavy atom. The van der Waals surface area contributed by atoms with Crippen LogP contribution in [0.3, 0.4) is 0 Å². The Morgan fingerprint density at radius 1 is 1.23 bits per heavy atom. The molecule has 2 atom stereocenters. The molecule has 1 N–H and O–H groups in total. The lowest BCUT2D eigenvalue weighted by molar-refractivity contribution is 0.0953. The van der Waals surface area contributed by atoms with Crippen molar-refractivity contribution in [1.82, 2.24) is 10.3 Å². The first-order chi connectivity index (χ1) is 16.9. The van der Waals surface area contributed by atoms with E-state index in [2.05, 4.69) is 45.9 Å². The number of nitrogens with zero attached hydrogens (tertiary/aromatic N) is 3. The minimum absolute atomic E-state index is 0.166. The van der Waals surface area contributed by atoms with Crippen molar-refractivity contribution in [1.29, 1.82) is 0 Å². The molecule has 1 aliphatic heterocycles. The molecule has 5 nitrogen and oxygen atoms in total. The van der Waals surface area contributed by atoms with Gasteiger partial charge in [0.1, 0.15) is 11.6 Å². The van der Waals surface area contributed by atoms with Crippen molar-refractivity contribution in [3.63, 3.8) is 0 Å². The number of piperidine rings is 1. The maximum Gasteiger partial charge on any atom is 0.252 e. The minimum atomic E-state index is -0.295. The Kier molecular flexibility index (Phi) is 9.60. The quantitative estimate of drug-likeness (QED) is 0.338. The first-order valence-electron chi connectivity index (χ1n) is 12.3. The minimum Gasteiger partial charge on any atom is -0.355 e. The van der Waals surface area contributed by atoms with Crippen LogP contribution < -0.4 is 10.2 Å². The lowest BCUT2D eigenvalue weighted by Crippen LogP contribution is -2.39. The fraction of sp³-hybridized carbons (Fsp3) is 0.414. The summed E-state index contributed by atoms with van der Waals surface area (Å²) in [6.45, 7) is 8.86. The highest BCUT2D eigenvalue weighted by Crippen LogP contribution is 2.27. The smallest absolute Gasteiger partial charge is 0.252 e. The molecule has 0 spiro atoms. The van der Waals surface area contributed by atoms with Gasteiger partial charge in [0.2, 0.25) is 0 Å². The summed E-state index contributed by atoms with van der Waals surface area (Å²) in [6, 6.07) is 7.91. The number of carbonyl (C=O) groups excluding carboxylic acids is 1. The van der Waals surface area contributed by atoms with E-state index in [1.807, 2.05) is 25.3 Å². The molecule has 2 unspecified atom stereocenters. The first-order valence-corrected chi connectivity index (χ1v) is 12.3. The summed E-state index contributed by atoms with van der Waals surface area (Å²) >= 11 is 0. The summed E-state index contributed by atoms with van der Waals surface area (Å²) in [7, 11) is 1.75. The highest BCUT2D eigenvalue weighted by atomic mass is 19.1. The first kappa shape index (κ1) is 26.2. The molecular weight excluding hydrogens is 439 g/mol. The van der Waals surface area contributed by atoms with Gasteiger partial charge in [0, 0.05) is 44.7 Å². The molecule has 0 aliphatic carbocycles. The van der Waals surface area contributed by atoms with Gasteiger partial charge in [-0.05, 0) is 73.9 Å². The van der Waals surface area contributed by atoms with Gasteiger partial charge in [0.15, 0.2) is 0 Å². The predicted molar refractivity (Wildman–Crippen MR) is 142 cm³/mol. The SMILES string of the molecule is C/C=C(\C=NC)CCCNC(=O)c1cnc(N2CC(C)CC(C)C2)c(C#Cc2ccc(F)cc2)c1. The number of halogens is 1. The van der Waals surface area contributed by atoms with Gasteiger partial charge in [-0.15, -0.1) is 0 Å². The van der Waals surface area contributed by atoms with E-state index in [0.29, 0.717) is 35.1 Å². The Morgan fingerprint density at radius 3 is 2.60 bits per heavy atom. The van der Waals surface area contributed by atoms with Gasteiger partial charge < -0.3 is 10.2 Å². The van der Waals surface area contributed by atoms with Gasteiger partial charge in [-0.3, -0.25) is 9.79 Å². The van der Waals surface area contributed by atoms with Crippen LogP contribution in [-0.2, 0) is 0 Å². The average molecular weight is 475 g/mol. The number of nitrogens with one attached hydrogen (secondary N) is 1. The van der Waals surface area contributed by atoms with E-state index in [1.165, 1.54) is 18.6 Å². The number of benzene rings is 1. The van der Waals surface area contributed by atoms with E-state index in [0.717, 1.165) is 37.3 Å². The van der Waals surface area contributed by atoms with Gasteiger partial charge in [0.25, 0.3) is 5.91 Å². The molecule has 0 saturated carbocycles. The Labute approximate surface area is 208 Å². The Balaban J connectivity index is 1.80. The van der Waals surface area contributed by atoms with Crippen molar-refractivity contribution in [2.24, 2.45) is 16.8 Å². The van der Waals surface area contributed by atoms with Gasteiger partial charge in [-0.25, -0.2) is 9.37 Å². The molecule has 1 saturated heterocycles. The van der Waals surface area contributed by atoms with Crippen LogP contribution in [0, 0.1) is 29.5 Å². The number of anilines is 1. The van der Waals surface area contributed by atoms with Crippen LogP contribution in [0.15, 0.2) is 53.2 Å². The fourth-order valence-corrected chi connectivity index (χ4v) is 4.48. The van der Waals surface area contributed by atoms with E-state index >= 15 is 0 Å². The highest BCUT2D eigenvalue weighted by molar-refractivity contribution is 5.94. The lowest BCUT2D eigenvalue weighted by Gasteiger charge is -2.36. The summed E-state index contributed by atoms with van der Waals surface area (Å²) in [5.74, 6) is 7.75. The van der Waals surface area contributed by atoms with Crippen LogP contribution in [0.5, 0.6) is 0 Å². The van der Waals surface area contributed by atoms with E-state index in [9.17, 15) is 9.18 Å². The molecule has 6 heteroatoms. The van der Waals surface area contributed by atoms with Crippen molar-refractivity contribution in [2.75, 3.05) is 31.6 Å². The summed E-state index contributed by atoms with van der Waals surface area (Å²) in [5, 5.41) is 2.99. The molecule has 0 radical (unpaired) electrons. The van der Waals surface area contributed by atoms with Crippen LogP contribution in [-0.4, -0.2) is 43.8 Å². The van der Waals surface area contributed by atoms with Crippen LogP contribution in [0.2, 0.25) is 0 Å². The topological polar surface area (TPSA) is 57.6 Å². The molecule has 2 heterocycles. The standard InChI is InChI=1S/C29H35FN4O/c1-5-23(17-31-4)7-6-14-32-29(35)26-16-25(11-8-24-9-12-27(30)13-10-24)28(33-18-26)34-19-21(2)15-22(3)20-34/h5,9-10,12-13,16-18,21-22H,6-7,14-15,19-20H2,1-4H3,(H,32,35)/b23-5-,31-17?. The molecule has 1 fully saturated rings. The molecule has 1 aromatic carbocycles. The predicted octanol–water partition coefficient (Wildman–Crippen LogP) is 5.26. The monoisotopic (exact) mass is 474 g/mol. The Bertz CT molecular complexity index is 1120. The van der Waals surface area contributed by atoms with E-state index in [-0.39, 0.29) is 11.7 Å². The van der Waals surface area contributed by atoms with Crippen molar-refractivity contribution >= 4 is 17.9 Å². The lowest BCUT2D eigenvalue weighted by atomic mass is 9.91. The summed E-state index contributed by atoms with van der Waals surface area (Å²) in [6.07, 6.45) is 8.38. The third-order valence-electron chi connectivity index (χ3n) is 6.08. The molecular formula is C29H35FN4O. The molecule has 184 valence electrons. The number of aliphatic imine (C=N–C) groups is 1.